The van der Waals surface area contributed by atoms with Crippen molar-refractivity contribution in [3.05, 3.63) is 76.0 Å². The minimum atomic E-state index is -4.54. The van der Waals surface area contributed by atoms with E-state index in [2.05, 4.69) is 20.6 Å². The molecule has 0 aliphatic carbocycles. The van der Waals surface area contributed by atoms with Crippen LogP contribution >= 0.6 is 23.2 Å². The van der Waals surface area contributed by atoms with Gasteiger partial charge in [0.1, 0.15) is 17.6 Å². The summed E-state index contributed by atoms with van der Waals surface area (Å²) in [6.45, 7) is 0. The first-order valence-electron chi connectivity index (χ1n) is 8.82. The molecule has 4 aromatic rings. The number of fused-ring (bicyclic) bond motifs is 1. The molecule has 4 rings (SSSR count). The molecule has 0 saturated carbocycles. The molecule has 0 bridgehead atoms. The number of hydrogen-bond donors (Lipinski definition) is 3. The highest BCUT2D eigenvalue weighted by molar-refractivity contribution is 6.35. The maximum atomic E-state index is 12.9. The molecule has 2 aromatic heterocycles. The summed E-state index contributed by atoms with van der Waals surface area (Å²) in [5.41, 5.74) is 1.42. The van der Waals surface area contributed by atoms with Crippen LogP contribution in [0.25, 0.3) is 10.9 Å². The van der Waals surface area contributed by atoms with Crippen molar-refractivity contribution in [2.24, 2.45) is 0 Å². The summed E-state index contributed by atoms with van der Waals surface area (Å²) in [7, 11) is 0. The molecule has 0 unspecified atom stereocenters. The van der Waals surface area contributed by atoms with E-state index in [9.17, 15) is 18.4 Å². The Bertz CT molecular complexity index is 1330. The maximum absolute atomic E-state index is 12.9. The first kappa shape index (κ1) is 20.8. The number of halogens is 5. The molecule has 0 aliphatic rings. The highest BCUT2D eigenvalue weighted by atomic mass is 35.5. The van der Waals surface area contributed by atoms with Crippen LogP contribution in [0.4, 0.5) is 36.1 Å². The lowest BCUT2D eigenvalue weighted by molar-refractivity contribution is -0.137. The quantitative estimate of drug-likeness (QED) is 0.299. The van der Waals surface area contributed by atoms with Crippen molar-refractivity contribution in [2.45, 2.75) is 6.18 Å². The van der Waals surface area contributed by atoms with Crippen molar-refractivity contribution in [1.82, 2.24) is 9.97 Å². The Hall–Kier alpha value is -3.41. The van der Waals surface area contributed by atoms with Gasteiger partial charge in [0, 0.05) is 40.2 Å². The number of nitrogens with one attached hydrogen (secondary N) is 3. The van der Waals surface area contributed by atoms with Crippen molar-refractivity contribution >= 4 is 57.0 Å². The molecule has 10 heteroatoms. The number of H-pyrrole nitrogens is 1. The summed E-state index contributed by atoms with van der Waals surface area (Å²) in [5.74, 6) is 0.349. The molecule has 0 atom stereocenters. The van der Waals surface area contributed by atoms with Gasteiger partial charge in [-0.2, -0.15) is 18.4 Å². The Kier molecular flexibility index (Phi) is 5.39. The predicted octanol–water partition coefficient (Wildman–Crippen LogP) is 7.25. The molecular weight excluding hydrogens is 450 g/mol. The minimum Gasteiger partial charge on any atom is -0.361 e. The zero-order valence-electron chi connectivity index (χ0n) is 15.5. The third-order valence-corrected chi connectivity index (χ3v) is 5.02. The fourth-order valence-electron chi connectivity index (χ4n) is 3.05. The Morgan fingerprint density at radius 1 is 0.903 bits per heavy atom. The summed E-state index contributed by atoms with van der Waals surface area (Å²) >= 11 is 12.1. The molecule has 31 heavy (non-hydrogen) atoms. The highest BCUT2D eigenvalue weighted by Crippen LogP contribution is 2.36. The SMILES string of the molecule is N#Cc1cc(Nc2ccc(C(F)(F)F)c(Cl)c2)cc(Nc2cc(Cl)c3cc[nH]c3c2)n1. The van der Waals surface area contributed by atoms with E-state index >= 15 is 0 Å². The molecule has 156 valence electrons. The molecule has 0 radical (unpaired) electrons. The summed E-state index contributed by atoms with van der Waals surface area (Å²) in [6, 6.07) is 13.8. The number of pyridine rings is 1. The van der Waals surface area contributed by atoms with Crippen LogP contribution in [0.1, 0.15) is 11.3 Å². The molecular formula is C21H12Cl2F3N5. The number of aromatic nitrogens is 2. The highest BCUT2D eigenvalue weighted by Gasteiger charge is 2.33. The fourth-order valence-corrected chi connectivity index (χ4v) is 3.62. The van der Waals surface area contributed by atoms with Gasteiger partial charge < -0.3 is 15.6 Å². The number of aromatic amines is 1. The topological polar surface area (TPSA) is 76.5 Å². The first-order valence-corrected chi connectivity index (χ1v) is 9.58. The number of alkyl halides is 3. The lowest BCUT2D eigenvalue weighted by Crippen LogP contribution is -2.06. The van der Waals surface area contributed by atoms with Gasteiger partial charge >= 0.3 is 6.18 Å². The summed E-state index contributed by atoms with van der Waals surface area (Å²) < 4.78 is 38.7. The molecule has 5 nitrogen and oxygen atoms in total. The van der Waals surface area contributed by atoms with Crippen LogP contribution in [0.15, 0.2) is 54.7 Å². The van der Waals surface area contributed by atoms with Crippen LogP contribution in [-0.2, 0) is 6.18 Å². The second-order valence-corrected chi connectivity index (χ2v) is 7.39. The Balaban J connectivity index is 1.63. The Morgan fingerprint density at radius 2 is 1.65 bits per heavy atom. The molecule has 0 aliphatic heterocycles. The van der Waals surface area contributed by atoms with Crippen LogP contribution in [0.2, 0.25) is 10.0 Å². The van der Waals surface area contributed by atoms with E-state index in [4.69, 9.17) is 23.2 Å². The first-order chi connectivity index (χ1) is 14.7. The monoisotopic (exact) mass is 461 g/mol. The average molecular weight is 462 g/mol. The van der Waals surface area contributed by atoms with E-state index < -0.39 is 16.8 Å². The van der Waals surface area contributed by atoms with E-state index in [1.807, 2.05) is 18.2 Å². The molecule has 0 fully saturated rings. The summed E-state index contributed by atoms with van der Waals surface area (Å²) in [6.07, 6.45) is -2.77. The van der Waals surface area contributed by atoms with E-state index in [1.165, 1.54) is 18.2 Å². The summed E-state index contributed by atoms with van der Waals surface area (Å²) in [5, 5.41) is 16.3. The van der Waals surface area contributed by atoms with Crippen LogP contribution in [0, 0.1) is 11.3 Å². The number of hydrogen-bond acceptors (Lipinski definition) is 4. The third-order valence-electron chi connectivity index (χ3n) is 4.39. The molecule has 0 saturated heterocycles. The van der Waals surface area contributed by atoms with Gasteiger partial charge in [0.15, 0.2) is 0 Å². The zero-order valence-corrected chi connectivity index (χ0v) is 17.0. The van der Waals surface area contributed by atoms with Gasteiger partial charge in [-0.05, 0) is 42.5 Å². The van der Waals surface area contributed by atoms with Crippen LogP contribution in [-0.4, -0.2) is 9.97 Å². The molecule has 2 heterocycles. The number of nitriles is 1. The van der Waals surface area contributed by atoms with Gasteiger partial charge in [0.2, 0.25) is 0 Å². The van der Waals surface area contributed by atoms with Crippen molar-refractivity contribution in [1.29, 1.82) is 5.26 Å². The lowest BCUT2D eigenvalue weighted by atomic mass is 10.2. The lowest BCUT2D eigenvalue weighted by Gasteiger charge is -2.13. The third kappa shape index (κ3) is 4.53. The molecule has 0 spiro atoms. The van der Waals surface area contributed by atoms with Crippen LogP contribution in [0.3, 0.4) is 0 Å². The Labute approximate surface area is 184 Å². The largest absolute Gasteiger partial charge is 0.417 e. The van der Waals surface area contributed by atoms with Crippen molar-refractivity contribution < 1.29 is 13.2 Å². The molecule has 3 N–H and O–H groups in total. The zero-order chi connectivity index (χ0) is 22.2. The normalized spacial score (nSPS) is 11.4. The number of rotatable bonds is 4. The maximum Gasteiger partial charge on any atom is 0.417 e. The average Bonchev–Trinajstić information content (AvgIpc) is 3.16. The van der Waals surface area contributed by atoms with E-state index in [-0.39, 0.29) is 5.69 Å². The molecule has 0 amide bonds. The summed E-state index contributed by atoms with van der Waals surface area (Å²) in [4.78, 5) is 7.28. The Morgan fingerprint density at radius 3 is 2.35 bits per heavy atom. The van der Waals surface area contributed by atoms with Crippen LogP contribution < -0.4 is 10.6 Å². The number of anilines is 4. The van der Waals surface area contributed by atoms with Crippen molar-refractivity contribution in [3.8, 4) is 6.07 Å². The van der Waals surface area contributed by atoms with Gasteiger partial charge in [-0.15, -0.1) is 0 Å². The van der Waals surface area contributed by atoms with Gasteiger partial charge in [0.05, 0.1) is 15.6 Å². The predicted molar refractivity (Wildman–Crippen MR) is 115 cm³/mol. The fraction of sp³-hybridized carbons (Fsp3) is 0.0476. The smallest absolute Gasteiger partial charge is 0.361 e. The van der Waals surface area contributed by atoms with Crippen LogP contribution in [0.5, 0.6) is 0 Å². The van der Waals surface area contributed by atoms with Crippen molar-refractivity contribution in [2.75, 3.05) is 10.6 Å². The number of nitrogens with zero attached hydrogens (tertiary/aromatic N) is 2. The van der Waals surface area contributed by atoms with Crippen molar-refractivity contribution in [3.63, 3.8) is 0 Å². The van der Waals surface area contributed by atoms with E-state index in [0.29, 0.717) is 27.9 Å². The number of benzene rings is 2. The second kappa shape index (κ2) is 8.02. The van der Waals surface area contributed by atoms with Gasteiger partial charge in [0.25, 0.3) is 0 Å². The van der Waals surface area contributed by atoms with Gasteiger partial charge in [-0.3, -0.25) is 0 Å². The minimum absolute atomic E-state index is 0.109. The van der Waals surface area contributed by atoms with Gasteiger partial charge in [-0.25, -0.2) is 4.98 Å². The van der Waals surface area contributed by atoms with E-state index in [1.54, 1.807) is 18.3 Å². The molecule has 2 aromatic carbocycles. The standard InChI is InChI=1S/C21H12Cl2F3N5/c22-17-7-13(8-19-15(17)3-4-28-19)30-20-9-12(5-14(10-27)31-20)29-11-1-2-16(18(23)6-11)21(24,25)26/h1-9,28H,(H2,29,30,31). The second-order valence-electron chi connectivity index (χ2n) is 6.58. The van der Waals surface area contributed by atoms with Gasteiger partial charge in [-0.1, -0.05) is 23.2 Å². The van der Waals surface area contributed by atoms with E-state index in [0.717, 1.165) is 17.0 Å².